The molecule has 8 nitrogen and oxygen atoms in total. The van der Waals surface area contributed by atoms with E-state index >= 15 is 0 Å². The Kier molecular flexibility index (Phi) is 3.25. The summed E-state index contributed by atoms with van der Waals surface area (Å²) in [7, 11) is 0. The van der Waals surface area contributed by atoms with Gasteiger partial charge in [-0.1, -0.05) is 5.92 Å². The number of ether oxygens (including phenoxy) is 1. The fraction of sp³-hybridized carbons (Fsp3) is 0.462. The Morgan fingerprint density at radius 3 is 2.95 bits per heavy atom. The summed E-state index contributed by atoms with van der Waals surface area (Å²) >= 11 is 0. The fourth-order valence-electron chi connectivity index (χ4n) is 2.64. The third-order valence-corrected chi connectivity index (χ3v) is 3.83. The van der Waals surface area contributed by atoms with Gasteiger partial charge < -0.3 is 20.7 Å². The summed E-state index contributed by atoms with van der Waals surface area (Å²) in [6, 6.07) is 0. The maximum absolute atomic E-state index is 13.4. The van der Waals surface area contributed by atoms with Crippen LogP contribution in [0, 0.1) is 18.4 Å². The van der Waals surface area contributed by atoms with Gasteiger partial charge in [-0.3, -0.25) is 4.57 Å². The van der Waals surface area contributed by atoms with Crippen LogP contribution in [0.1, 0.15) is 19.6 Å². The first-order valence-electron chi connectivity index (χ1n) is 6.56. The Morgan fingerprint density at radius 2 is 2.36 bits per heavy atom. The minimum atomic E-state index is -1.54. The van der Waals surface area contributed by atoms with Crippen LogP contribution in [0.2, 0.25) is 0 Å². The normalized spacial score (nSPS) is 29.6. The third kappa shape index (κ3) is 1.93. The predicted octanol–water partition coefficient (Wildman–Crippen LogP) is -0.420. The Balaban J connectivity index is 2.06. The highest BCUT2D eigenvalue weighted by molar-refractivity contribution is 5.81. The van der Waals surface area contributed by atoms with Crippen molar-refractivity contribution >= 4 is 17.0 Å². The number of imidazole rings is 1. The Bertz CT molecular complexity index is 771. The second-order valence-corrected chi connectivity index (χ2v) is 5.14. The summed E-state index contributed by atoms with van der Waals surface area (Å²) in [6.45, 7) is 1.43. The van der Waals surface area contributed by atoms with E-state index < -0.39 is 30.1 Å². The first-order valence-corrected chi connectivity index (χ1v) is 6.56. The summed E-state index contributed by atoms with van der Waals surface area (Å²) in [4.78, 5) is 11.1. The standard InChI is InChI=1S/C13H14FN5O3/c1-3-13(6(2)20)7(21)4-8(22-13)19-5-16-9-10(15)17-12(14)18-11(9)19/h1,5-8,20-21H,4H2,2H3,(H2,15,17,18)/t6-,7-,8+,13+/m0/s1. The molecule has 0 spiro atoms. The van der Waals surface area contributed by atoms with Gasteiger partial charge in [-0.15, -0.1) is 6.42 Å². The molecule has 0 bridgehead atoms. The molecule has 116 valence electrons. The van der Waals surface area contributed by atoms with Crippen LogP contribution in [0.4, 0.5) is 10.2 Å². The van der Waals surface area contributed by atoms with Gasteiger partial charge in [0.25, 0.3) is 0 Å². The van der Waals surface area contributed by atoms with E-state index in [1.165, 1.54) is 17.8 Å². The lowest BCUT2D eigenvalue weighted by atomic mass is 9.92. The zero-order valence-electron chi connectivity index (χ0n) is 11.6. The average molecular weight is 307 g/mol. The molecule has 4 atom stereocenters. The number of rotatable bonds is 2. The van der Waals surface area contributed by atoms with E-state index in [0.717, 1.165) is 0 Å². The molecule has 1 fully saturated rings. The molecule has 4 N–H and O–H groups in total. The zero-order valence-corrected chi connectivity index (χ0v) is 11.6. The van der Waals surface area contributed by atoms with Gasteiger partial charge in [-0.25, -0.2) is 4.98 Å². The number of nitrogen functional groups attached to an aromatic ring is 1. The van der Waals surface area contributed by atoms with Crippen molar-refractivity contribution in [2.75, 3.05) is 5.73 Å². The van der Waals surface area contributed by atoms with Gasteiger partial charge in [0.15, 0.2) is 22.6 Å². The highest BCUT2D eigenvalue weighted by Gasteiger charge is 2.51. The van der Waals surface area contributed by atoms with Crippen LogP contribution in [0.25, 0.3) is 11.2 Å². The van der Waals surface area contributed by atoms with E-state index in [0.29, 0.717) is 0 Å². The summed E-state index contributed by atoms with van der Waals surface area (Å²) in [5.41, 5.74) is 4.39. The van der Waals surface area contributed by atoms with Gasteiger partial charge in [0, 0.05) is 6.42 Å². The van der Waals surface area contributed by atoms with Crippen molar-refractivity contribution in [1.29, 1.82) is 0 Å². The molecule has 0 amide bonds. The lowest BCUT2D eigenvalue weighted by molar-refractivity contribution is -0.121. The lowest BCUT2D eigenvalue weighted by Gasteiger charge is -2.29. The van der Waals surface area contributed by atoms with Crippen LogP contribution < -0.4 is 5.73 Å². The maximum Gasteiger partial charge on any atom is 0.312 e. The highest BCUT2D eigenvalue weighted by Crippen LogP contribution is 2.39. The molecule has 0 saturated carbocycles. The number of halogens is 1. The van der Waals surface area contributed by atoms with E-state index in [4.69, 9.17) is 16.9 Å². The first kappa shape index (κ1) is 14.6. The Morgan fingerprint density at radius 1 is 1.64 bits per heavy atom. The molecule has 1 saturated heterocycles. The molecule has 2 aromatic rings. The quantitative estimate of drug-likeness (QED) is 0.509. The molecule has 22 heavy (non-hydrogen) atoms. The molecule has 3 rings (SSSR count). The van der Waals surface area contributed by atoms with Crippen molar-refractivity contribution in [3.8, 4) is 12.3 Å². The summed E-state index contributed by atoms with van der Waals surface area (Å²) in [5, 5.41) is 20.0. The largest absolute Gasteiger partial charge is 0.389 e. The van der Waals surface area contributed by atoms with E-state index in [-0.39, 0.29) is 23.4 Å². The van der Waals surface area contributed by atoms with Gasteiger partial charge in [-0.05, 0) is 6.92 Å². The van der Waals surface area contributed by atoms with Crippen molar-refractivity contribution in [3.63, 3.8) is 0 Å². The second kappa shape index (κ2) is 4.88. The van der Waals surface area contributed by atoms with Crippen LogP contribution >= 0.6 is 0 Å². The first-order chi connectivity index (χ1) is 10.4. The number of aromatic nitrogens is 4. The number of hydrogen-bond acceptors (Lipinski definition) is 7. The summed E-state index contributed by atoms with van der Waals surface area (Å²) < 4.78 is 20.4. The number of nitrogens with zero attached hydrogens (tertiary/aromatic N) is 4. The van der Waals surface area contributed by atoms with Crippen molar-refractivity contribution < 1.29 is 19.3 Å². The van der Waals surface area contributed by atoms with Crippen molar-refractivity contribution in [2.24, 2.45) is 0 Å². The highest BCUT2D eigenvalue weighted by atomic mass is 19.1. The molecule has 1 aliphatic heterocycles. The summed E-state index contributed by atoms with van der Waals surface area (Å²) in [5.74, 6) is 2.20. The van der Waals surface area contributed by atoms with Crippen LogP contribution in [0.5, 0.6) is 0 Å². The van der Waals surface area contributed by atoms with E-state index in [1.807, 2.05) is 0 Å². The topological polar surface area (TPSA) is 119 Å². The monoisotopic (exact) mass is 307 g/mol. The number of aliphatic hydroxyl groups is 2. The smallest absolute Gasteiger partial charge is 0.312 e. The molecule has 2 aromatic heterocycles. The average Bonchev–Trinajstić information content (AvgIpc) is 3.00. The molecule has 0 aliphatic carbocycles. The second-order valence-electron chi connectivity index (χ2n) is 5.14. The minimum absolute atomic E-state index is 0.0894. The van der Waals surface area contributed by atoms with E-state index in [2.05, 4.69) is 20.9 Å². The fourth-order valence-corrected chi connectivity index (χ4v) is 2.64. The number of anilines is 1. The number of fused-ring (bicyclic) bond motifs is 1. The van der Waals surface area contributed by atoms with Crippen LogP contribution in [-0.4, -0.2) is 47.5 Å². The molecule has 0 radical (unpaired) electrons. The molecule has 0 unspecified atom stereocenters. The van der Waals surface area contributed by atoms with Gasteiger partial charge in [-0.2, -0.15) is 14.4 Å². The number of terminal acetylenes is 1. The molecular weight excluding hydrogens is 293 g/mol. The van der Waals surface area contributed by atoms with Crippen molar-refractivity contribution in [3.05, 3.63) is 12.4 Å². The van der Waals surface area contributed by atoms with Crippen LogP contribution in [0.3, 0.4) is 0 Å². The lowest BCUT2D eigenvalue weighted by Crippen LogP contribution is -2.47. The summed E-state index contributed by atoms with van der Waals surface area (Å²) in [6.07, 6.45) is 2.90. The minimum Gasteiger partial charge on any atom is -0.389 e. The van der Waals surface area contributed by atoms with Gasteiger partial charge in [0.1, 0.15) is 12.3 Å². The van der Waals surface area contributed by atoms with E-state index in [9.17, 15) is 14.6 Å². The van der Waals surface area contributed by atoms with Gasteiger partial charge >= 0.3 is 6.08 Å². The molecular formula is C13H14FN5O3. The number of aliphatic hydroxyl groups excluding tert-OH is 2. The number of hydrogen-bond donors (Lipinski definition) is 3. The van der Waals surface area contributed by atoms with Crippen molar-refractivity contribution in [1.82, 2.24) is 19.5 Å². The zero-order chi connectivity index (χ0) is 16.1. The Hall–Kier alpha value is -2.28. The SMILES string of the molecule is C#C[C@]1([C@H](C)O)O[C@@H](n2cnc3c(N)nc(F)nc32)C[C@@H]1O. The van der Waals surface area contributed by atoms with Gasteiger partial charge in [0.05, 0.1) is 12.4 Å². The number of nitrogens with two attached hydrogens (primary N) is 1. The van der Waals surface area contributed by atoms with Crippen LogP contribution in [0.15, 0.2) is 6.33 Å². The molecule has 9 heteroatoms. The maximum atomic E-state index is 13.4. The molecule has 1 aliphatic rings. The third-order valence-electron chi connectivity index (χ3n) is 3.83. The van der Waals surface area contributed by atoms with Gasteiger partial charge in [0.2, 0.25) is 0 Å². The van der Waals surface area contributed by atoms with Crippen molar-refractivity contribution in [2.45, 2.75) is 37.4 Å². The van der Waals surface area contributed by atoms with Crippen LogP contribution in [-0.2, 0) is 4.74 Å². The Labute approximate surface area is 124 Å². The molecule has 0 aromatic carbocycles. The van der Waals surface area contributed by atoms with E-state index in [1.54, 1.807) is 0 Å². The predicted molar refractivity (Wildman–Crippen MR) is 73.7 cm³/mol. The molecule has 3 heterocycles.